The van der Waals surface area contributed by atoms with Crippen LogP contribution in [0.1, 0.15) is 0 Å². The minimum atomic E-state index is -0.218. The Labute approximate surface area is 80.5 Å². The topological polar surface area (TPSA) is 32.3 Å². The van der Waals surface area contributed by atoms with Crippen LogP contribution < -0.4 is 5.32 Å². The minimum absolute atomic E-state index is 0.0775. The van der Waals surface area contributed by atoms with Crippen molar-refractivity contribution in [3.05, 3.63) is 31.6 Å². The van der Waals surface area contributed by atoms with Gasteiger partial charge >= 0.3 is 0 Å². The summed E-state index contributed by atoms with van der Waals surface area (Å²) < 4.78 is 0. The lowest BCUT2D eigenvalue weighted by molar-refractivity contribution is -0.130. The Bertz CT molecular complexity index is 174. The number of nitrogens with zero attached hydrogens (tertiary/aromatic N) is 1. The summed E-state index contributed by atoms with van der Waals surface area (Å²) in [5.41, 5.74) is 0. The van der Waals surface area contributed by atoms with Gasteiger partial charge in [0.05, 0.1) is 6.04 Å². The van der Waals surface area contributed by atoms with Gasteiger partial charge < -0.3 is 10.2 Å². The molecule has 0 heterocycles. The van der Waals surface area contributed by atoms with Gasteiger partial charge in [-0.05, 0) is 32.7 Å². The second-order valence-corrected chi connectivity index (χ2v) is 3.17. The first kappa shape index (κ1) is 10.5. The Hall–Kier alpha value is -0.570. The number of hydrogen-bond acceptors (Lipinski definition) is 2. The molecule has 1 saturated carbocycles. The Kier molecular flexibility index (Phi) is 3.72. The van der Waals surface area contributed by atoms with Crippen molar-refractivity contribution < 1.29 is 4.79 Å². The lowest BCUT2D eigenvalue weighted by Crippen LogP contribution is -2.45. The van der Waals surface area contributed by atoms with Crippen LogP contribution in [0.2, 0.25) is 0 Å². The maximum absolute atomic E-state index is 11.6. The summed E-state index contributed by atoms with van der Waals surface area (Å²) >= 11 is 0. The molecule has 0 aromatic heterocycles. The van der Waals surface area contributed by atoms with E-state index in [1.165, 1.54) is 0 Å². The third-order valence-corrected chi connectivity index (χ3v) is 2.00. The van der Waals surface area contributed by atoms with E-state index in [4.69, 9.17) is 0 Å². The number of hydrogen-bond donors (Lipinski definition) is 1. The van der Waals surface area contributed by atoms with E-state index in [-0.39, 0.29) is 11.9 Å². The van der Waals surface area contributed by atoms with Crippen molar-refractivity contribution >= 4 is 5.91 Å². The van der Waals surface area contributed by atoms with Crippen LogP contribution in [-0.4, -0.2) is 38.0 Å². The number of nitrogens with one attached hydrogen (secondary N) is 1. The van der Waals surface area contributed by atoms with Crippen LogP contribution in [0.15, 0.2) is 0 Å². The molecule has 0 spiro atoms. The Morgan fingerprint density at radius 3 is 2.31 bits per heavy atom. The molecular weight excluding hydrogens is 164 g/mol. The van der Waals surface area contributed by atoms with Crippen molar-refractivity contribution in [1.82, 2.24) is 10.2 Å². The van der Waals surface area contributed by atoms with E-state index in [9.17, 15) is 4.79 Å². The van der Waals surface area contributed by atoms with Crippen LogP contribution in [0.4, 0.5) is 0 Å². The molecule has 1 aliphatic rings. The second kappa shape index (κ2) is 4.61. The van der Waals surface area contributed by atoms with Crippen LogP contribution in [0.3, 0.4) is 0 Å². The quantitative estimate of drug-likeness (QED) is 0.665. The summed E-state index contributed by atoms with van der Waals surface area (Å²) in [5.74, 6) is 1.09. The molecule has 71 valence electrons. The third-order valence-electron chi connectivity index (χ3n) is 2.00. The first-order valence-electron chi connectivity index (χ1n) is 4.27. The van der Waals surface area contributed by atoms with Crippen molar-refractivity contribution in [3.8, 4) is 0 Å². The molecule has 1 atom stereocenters. The zero-order chi connectivity index (χ0) is 9.84. The molecule has 5 radical (unpaired) electrons. The van der Waals surface area contributed by atoms with E-state index >= 15 is 0 Å². The lowest BCUT2D eigenvalue weighted by atomic mass is 9.97. The maximum Gasteiger partial charge on any atom is 0.239 e. The molecule has 1 amide bonds. The summed E-state index contributed by atoms with van der Waals surface area (Å²) in [6.45, 7) is 0. The van der Waals surface area contributed by atoms with Crippen molar-refractivity contribution in [2.24, 2.45) is 0 Å². The fourth-order valence-corrected chi connectivity index (χ4v) is 1.27. The van der Waals surface area contributed by atoms with Crippen LogP contribution in [-0.2, 0) is 4.79 Å². The number of carbonyl (C=O) groups is 1. The first-order valence-corrected chi connectivity index (χ1v) is 4.27. The van der Waals surface area contributed by atoms with E-state index in [1.54, 1.807) is 26.0 Å². The number of rotatable bonds is 3. The Morgan fingerprint density at radius 2 is 1.92 bits per heavy atom. The predicted octanol–water partition coefficient (Wildman–Crippen LogP) is 0.0678. The molecular formula is C10H15N2O. The highest BCUT2D eigenvalue weighted by Gasteiger charge is 2.31. The van der Waals surface area contributed by atoms with Gasteiger partial charge in [-0.1, -0.05) is 0 Å². The number of carbonyl (C=O) groups excluding carboxylic acids is 1. The molecule has 1 N–H and O–H groups in total. The summed E-state index contributed by atoms with van der Waals surface area (Å²) in [7, 11) is 5.31. The lowest BCUT2D eigenvalue weighted by Gasteiger charge is -2.24. The average molecular weight is 179 g/mol. The molecule has 13 heavy (non-hydrogen) atoms. The first-order chi connectivity index (χ1) is 6.16. The van der Waals surface area contributed by atoms with Gasteiger partial charge in [0, 0.05) is 20.0 Å². The average Bonchev–Trinajstić information content (AvgIpc) is 2.58. The fourth-order valence-electron chi connectivity index (χ4n) is 1.27. The zero-order valence-electron chi connectivity index (χ0n) is 8.24. The molecule has 3 heteroatoms. The van der Waals surface area contributed by atoms with Gasteiger partial charge in [-0.2, -0.15) is 0 Å². The van der Waals surface area contributed by atoms with Gasteiger partial charge in [-0.25, -0.2) is 0 Å². The van der Waals surface area contributed by atoms with Crippen molar-refractivity contribution in [2.45, 2.75) is 6.04 Å². The van der Waals surface area contributed by atoms with Crippen molar-refractivity contribution in [1.29, 1.82) is 0 Å². The molecule has 0 aromatic carbocycles. The van der Waals surface area contributed by atoms with Gasteiger partial charge in [-0.3, -0.25) is 4.79 Å². The minimum Gasteiger partial charge on any atom is -0.347 e. The highest BCUT2D eigenvalue weighted by Crippen LogP contribution is 2.26. The maximum atomic E-state index is 11.6. The molecule has 1 rings (SSSR count). The summed E-state index contributed by atoms with van der Waals surface area (Å²) in [4.78, 5) is 13.2. The molecule has 3 nitrogen and oxygen atoms in total. The molecule has 1 unspecified atom stereocenters. The number of likely N-dealkylation sites (N-methyl/N-ethyl adjacent to an activating group) is 2. The molecule has 0 aliphatic heterocycles. The normalized spacial score (nSPS) is 20.2. The standard InChI is InChI=1S/C10H15N2O/c1-11-9(10(13)12(2)3)8-6-4-5-7-8/h4-7,9,11H,1-3H3. The monoisotopic (exact) mass is 179 g/mol. The highest BCUT2D eigenvalue weighted by atomic mass is 16.2. The van der Waals surface area contributed by atoms with E-state index in [0.717, 1.165) is 5.92 Å². The molecule has 0 bridgehead atoms. The van der Waals surface area contributed by atoms with Gasteiger partial charge in [0.15, 0.2) is 0 Å². The molecule has 0 aromatic rings. The number of amides is 1. The second-order valence-electron chi connectivity index (χ2n) is 3.17. The van der Waals surface area contributed by atoms with Crippen LogP contribution in [0.5, 0.6) is 0 Å². The van der Waals surface area contributed by atoms with Gasteiger partial charge in [0.1, 0.15) is 0 Å². The molecule has 1 fully saturated rings. The van der Waals surface area contributed by atoms with Crippen LogP contribution in [0, 0.1) is 31.6 Å². The van der Waals surface area contributed by atoms with E-state index in [0.29, 0.717) is 0 Å². The molecule has 1 aliphatic carbocycles. The fraction of sp³-hybridized carbons (Fsp3) is 0.400. The van der Waals surface area contributed by atoms with Crippen LogP contribution in [0.25, 0.3) is 0 Å². The van der Waals surface area contributed by atoms with Gasteiger partial charge in [-0.15, -0.1) is 0 Å². The SMILES string of the molecule is CNC([C]1[CH][CH][CH][CH]1)C(=O)N(C)C. The van der Waals surface area contributed by atoms with Crippen molar-refractivity contribution in [2.75, 3.05) is 21.1 Å². The largest absolute Gasteiger partial charge is 0.347 e. The summed E-state index contributed by atoms with van der Waals surface area (Å²) in [5, 5.41) is 2.99. The predicted molar refractivity (Wildman–Crippen MR) is 52.0 cm³/mol. The third kappa shape index (κ3) is 2.44. The zero-order valence-corrected chi connectivity index (χ0v) is 8.24. The van der Waals surface area contributed by atoms with Gasteiger partial charge in [0.25, 0.3) is 0 Å². The Balaban J connectivity index is 2.55. The smallest absolute Gasteiger partial charge is 0.239 e. The highest BCUT2D eigenvalue weighted by molar-refractivity contribution is 5.85. The summed E-state index contributed by atoms with van der Waals surface area (Å²) in [6.07, 6.45) is 7.76. The molecule has 0 saturated heterocycles. The Morgan fingerprint density at radius 1 is 1.38 bits per heavy atom. The van der Waals surface area contributed by atoms with Crippen molar-refractivity contribution in [3.63, 3.8) is 0 Å². The summed E-state index contributed by atoms with van der Waals surface area (Å²) in [6, 6.07) is -0.218. The van der Waals surface area contributed by atoms with Gasteiger partial charge in [0.2, 0.25) is 5.91 Å². The van der Waals surface area contributed by atoms with Crippen LogP contribution >= 0.6 is 0 Å². The van der Waals surface area contributed by atoms with E-state index < -0.39 is 0 Å². The van der Waals surface area contributed by atoms with E-state index in [1.807, 2.05) is 25.7 Å². The van der Waals surface area contributed by atoms with E-state index in [2.05, 4.69) is 5.32 Å².